The number of halogens is 1. The zero-order chi connectivity index (χ0) is 14.8. The first-order valence-electron chi connectivity index (χ1n) is 6.85. The summed E-state index contributed by atoms with van der Waals surface area (Å²) in [5.41, 5.74) is 1.91. The normalized spacial score (nSPS) is 12.0. The van der Waals surface area contributed by atoms with E-state index in [1.807, 2.05) is 42.5 Å². The zero-order valence-electron chi connectivity index (χ0n) is 11.2. The van der Waals surface area contributed by atoms with Gasteiger partial charge >= 0.3 is 0 Å². The van der Waals surface area contributed by atoms with Crippen LogP contribution in [-0.2, 0) is 0 Å². The Kier molecular flexibility index (Phi) is 2.20. The number of pyridine rings is 2. The van der Waals surface area contributed by atoms with E-state index in [4.69, 9.17) is 0 Å². The van der Waals surface area contributed by atoms with E-state index in [9.17, 15) is 4.79 Å². The predicted molar refractivity (Wildman–Crippen MR) is 90.7 cm³/mol. The van der Waals surface area contributed by atoms with Gasteiger partial charge in [0, 0.05) is 26.8 Å². The summed E-state index contributed by atoms with van der Waals surface area (Å²) < 4.78 is 2.48. The molecule has 0 atom stereocenters. The summed E-state index contributed by atoms with van der Waals surface area (Å²) in [6.45, 7) is 0. The topological polar surface area (TPSA) is 47.3 Å². The summed E-state index contributed by atoms with van der Waals surface area (Å²) in [7, 11) is 0. The lowest BCUT2D eigenvalue weighted by Gasteiger charge is -2.06. The molecule has 0 amide bonds. The lowest BCUT2D eigenvalue weighted by atomic mass is 10.0. The summed E-state index contributed by atoms with van der Waals surface area (Å²) in [6, 6.07) is 13.7. The van der Waals surface area contributed by atoms with Crippen LogP contribution < -0.4 is 5.56 Å². The van der Waals surface area contributed by atoms with Crippen LogP contribution in [0.5, 0.6) is 0 Å². The fourth-order valence-corrected chi connectivity index (χ4v) is 3.47. The van der Waals surface area contributed by atoms with Crippen molar-refractivity contribution in [1.82, 2.24) is 14.4 Å². The Balaban J connectivity index is 2.23. The van der Waals surface area contributed by atoms with Crippen molar-refractivity contribution >= 4 is 54.3 Å². The van der Waals surface area contributed by atoms with Crippen molar-refractivity contribution in [2.45, 2.75) is 0 Å². The van der Waals surface area contributed by atoms with E-state index in [-0.39, 0.29) is 5.56 Å². The van der Waals surface area contributed by atoms with E-state index in [0.29, 0.717) is 16.7 Å². The monoisotopic (exact) mass is 349 g/mol. The highest BCUT2D eigenvalue weighted by Crippen LogP contribution is 2.29. The van der Waals surface area contributed by atoms with E-state index < -0.39 is 0 Å². The lowest BCUT2D eigenvalue weighted by Crippen LogP contribution is -2.13. The van der Waals surface area contributed by atoms with Crippen molar-refractivity contribution in [3.8, 4) is 0 Å². The van der Waals surface area contributed by atoms with Gasteiger partial charge in [-0.2, -0.15) is 0 Å². The van der Waals surface area contributed by atoms with Crippen LogP contribution in [0.4, 0.5) is 0 Å². The minimum absolute atomic E-state index is 0.0540. The molecule has 0 bridgehead atoms. The van der Waals surface area contributed by atoms with Crippen molar-refractivity contribution in [2.75, 3.05) is 0 Å². The molecule has 2 aromatic carbocycles. The molecule has 0 spiro atoms. The van der Waals surface area contributed by atoms with Crippen molar-refractivity contribution in [3.05, 3.63) is 63.5 Å². The molecule has 0 fully saturated rings. The molecule has 0 saturated carbocycles. The van der Waals surface area contributed by atoms with Crippen LogP contribution in [0.15, 0.2) is 57.9 Å². The number of nitrogens with zero attached hydrogens (tertiary/aromatic N) is 3. The number of hydrogen-bond acceptors (Lipinski definition) is 3. The molecule has 5 aromatic rings. The van der Waals surface area contributed by atoms with Crippen LogP contribution in [0, 0.1) is 0 Å². The van der Waals surface area contributed by atoms with Crippen LogP contribution in [0.3, 0.4) is 0 Å². The second-order valence-corrected chi connectivity index (χ2v) is 6.20. The maximum Gasteiger partial charge on any atom is 0.264 e. The highest BCUT2D eigenvalue weighted by atomic mass is 79.9. The third-order valence-corrected chi connectivity index (χ3v) is 4.49. The van der Waals surface area contributed by atoms with Crippen LogP contribution >= 0.6 is 15.9 Å². The van der Waals surface area contributed by atoms with Gasteiger partial charge < -0.3 is 0 Å². The number of imidazole rings is 1. The van der Waals surface area contributed by atoms with Gasteiger partial charge in [0.2, 0.25) is 0 Å². The quantitative estimate of drug-likeness (QED) is 0.427. The van der Waals surface area contributed by atoms with Crippen molar-refractivity contribution in [1.29, 1.82) is 0 Å². The molecule has 5 rings (SSSR count). The Labute approximate surface area is 132 Å². The summed E-state index contributed by atoms with van der Waals surface area (Å²) in [4.78, 5) is 21.9. The average Bonchev–Trinajstić information content (AvgIpc) is 2.91. The molecular formula is C17H8BrN3O. The minimum atomic E-state index is -0.0540. The van der Waals surface area contributed by atoms with E-state index >= 15 is 0 Å². The Bertz CT molecular complexity index is 1250. The van der Waals surface area contributed by atoms with Gasteiger partial charge in [-0.15, -0.1) is 0 Å². The number of rotatable bonds is 0. The predicted octanol–water partition coefficient (Wildman–Crippen LogP) is 3.75. The molecular weight excluding hydrogens is 342 g/mol. The number of aromatic nitrogens is 3. The van der Waals surface area contributed by atoms with Gasteiger partial charge in [-0.3, -0.25) is 9.20 Å². The van der Waals surface area contributed by atoms with Crippen LogP contribution in [0.2, 0.25) is 0 Å². The number of fused-ring (bicyclic) bond motifs is 4. The largest absolute Gasteiger partial charge is 0.268 e. The second-order valence-electron chi connectivity index (χ2n) is 5.28. The van der Waals surface area contributed by atoms with Gasteiger partial charge in [0.25, 0.3) is 5.56 Å². The van der Waals surface area contributed by atoms with E-state index in [1.54, 1.807) is 10.6 Å². The first-order valence-corrected chi connectivity index (χ1v) is 7.64. The van der Waals surface area contributed by atoms with Crippen molar-refractivity contribution in [2.24, 2.45) is 0 Å². The molecule has 0 aliphatic carbocycles. The Morgan fingerprint density at radius 3 is 2.64 bits per heavy atom. The molecule has 0 aliphatic rings. The zero-order valence-corrected chi connectivity index (χ0v) is 12.8. The van der Waals surface area contributed by atoms with Gasteiger partial charge in [0.15, 0.2) is 11.3 Å². The number of benzene rings is 2. The van der Waals surface area contributed by atoms with Gasteiger partial charge in [0.1, 0.15) is 0 Å². The molecule has 5 heteroatoms. The Hall–Kier alpha value is -2.53. The highest BCUT2D eigenvalue weighted by molar-refractivity contribution is 9.10. The highest BCUT2D eigenvalue weighted by Gasteiger charge is 2.16. The van der Waals surface area contributed by atoms with Crippen molar-refractivity contribution < 1.29 is 0 Å². The molecule has 104 valence electrons. The first kappa shape index (κ1) is 12.1. The molecule has 3 aromatic heterocycles. The summed E-state index contributed by atoms with van der Waals surface area (Å²) in [5, 5.41) is 3.70. The van der Waals surface area contributed by atoms with E-state index in [2.05, 4.69) is 25.9 Å². The lowest BCUT2D eigenvalue weighted by molar-refractivity contribution is 1.19. The third kappa shape index (κ3) is 1.39. The molecule has 0 aliphatic heterocycles. The second kappa shape index (κ2) is 4.01. The van der Waals surface area contributed by atoms with Gasteiger partial charge in [-0.05, 0) is 33.4 Å². The smallest absolute Gasteiger partial charge is 0.264 e. The van der Waals surface area contributed by atoms with E-state index in [1.165, 1.54) is 0 Å². The molecule has 3 heterocycles. The Morgan fingerprint density at radius 1 is 1.05 bits per heavy atom. The molecule has 0 radical (unpaired) electrons. The van der Waals surface area contributed by atoms with Crippen LogP contribution in [0.25, 0.3) is 38.4 Å². The Morgan fingerprint density at radius 2 is 1.82 bits per heavy atom. The maximum atomic E-state index is 13.0. The average molecular weight is 350 g/mol. The summed E-state index contributed by atoms with van der Waals surface area (Å²) in [5.74, 6) is 0. The number of hydrogen-bond donors (Lipinski definition) is 0. The molecule has 0 saturated heterocycles. The van der Waals surface area contributed by atoms with Gasteiger partial charge in [-0.1, -0.05) is 30.3 Å². The molecule has 4 nitrogen and oxygen atoms in total. The fourth-order valence-electron chi connectivity index (χ4n) is 3.15. The molecule has 0 N–H and O–H groups in total. The summed E-state index contributed by atoms with van der Waals surface area (Å²) >= 11 is 3.41. The molecule has 0 unspecified atom stereocenters. The minimum Gasteiger partial charge on any atom is -0.268 e. The summed E-state index contributed by atoms with van der Waals surface area (Å²) in [6.07, 6.45) is 1.69. The van der Waals surface area contributed by atoms with E-state index in [0.717, 1.165) is 26.1 Å². The third-order valence-electron chi connectivity index (χ3n) is 4.06. The SMILES string of the molecule is O=c1c2cccc3cccc(c32)c2nc3ncc(Br)cc3n12. The van der Waals surface area contributed by atoms with Crippen molar-refractivity contribution in [3.63, 3.8) is 0 Å². The fraction of sp³-hybridized carbons (Fsp3) is 0. The molecule has 22 heavy (non-hydrogen) atoms. The maximum absolute atomic E-state index is 13.0. The standard InChI is InChI=1S/C17H8BrN3O/c18-10-7-13-15(19-8-10)20-16-11-5-1-3-9-4-2-6-12(14(9)11)17(22)21(13)16/h1-8H. The first-order chi connectivity index (χ1) is 10.7. The van der Waals surface area contributed by atoms with Crippen LogP contribution in [0.1, 0.15) is 0 Å². The van der Waals surface area contributed by atoms with Gasteiger partial charge in [-0.25, -0.2) is 9.97 Å². The van der Waals surface area contributed by atoms with Gasteiger partial charge in [0.05, 0.1) is 5.52 Å². The van der Waals surface area contributed by atoms with Crippen LogP contribution in [-0.4, -0.2) is 14.4 Å².